The molecule has 4 rings (SSSR count). The first kappa shape index (κ1) is 15.7. The molecule has 2 saturated carbocycles. The standard InChI is InChI=1S/C20H24O4/c1-20-7-6-15-14-5-3-13(21)8-11(14)2-4-16(15)17(20)9-12(19(20)24)10-18(22)23/h3,5,8,10,15-17,19,21,24H,2,4,6-7,9H2,1H3,(H,22,23)/b12-10-/t15-,16+,17+,19+,20+/m1/s1. The summed E-state index contributed by atoms with van der Waals surface area (Å²) in [4.78, 5) is 11.1. The molecule has 0 heterocycles. The summed E-state index contributed by atoms with van der Waals surface area (Å²) in [5.41, 5.74) is 3.07. The van der Waals surface area contributed by atoms with Crippen molar-refractivity contribution >= 4 is 5.97 Å². The van der Waals surface area contributed by atoms with Gasteiger partial charge in [0.25, 0.3) is 0 Å². The van der Waals surface area contributed by atoms with E-state index >= 15 is 0 Å². The summed E-state index contributed by atoms with van der Waals surface area (Å²) in [5, 5.41) is 29.6. The fourth-order valence-corrected chi connectivity index (χ4v) is 5.73. The van der Waals surface area contributed by atoms with Gasteiger partial charge < -0.3 is 15.3 Å². The molecule has 2 fully saturated rings. The van der Waals surface area contributed by atoms with E-state index in [9.17, 15) is 15.0 Å². The van der Waals surface area contributed by atoms with Crippen molar-refractivity contribution in [3.05, 3.63) is 41.0 Å². The van der Waals surface area contributed by atoms with Crippen molar-refractivity contribution in [2.75, 3.05) is 0 Å². The third-order valence-electron chi connectivity index (χ3n) is 6.89. The summed E-state index contributed by atoms with van der Waals surface area (Å²) in [6.45, 7) is 2.13. The molecular weight excluding hydrogens is 304 g/mol. The number of carboxylic acids is 1. The molecule has 0 aliphatic heterocycles. The van der Waals surface area contributed by atoms with Crippen LogP contribution in [0.1, 0.15) is 49.7 Å². The van der Waals surface area contributed by atoms with Crippen molar-refractivity contribution in [2.24, 2.45) is 17.3 Å². The number of fused-ring (bicyclic) bond motifs is 5. The Balaban J connectivity index is 1.70. The number of aromatic hydroxyl groups is 1. The number of phenolic OH excluding ortho intramolecular Hbond substituents is 1. The van der Waals surface area contributed by atoms with Crippen LogP contribution in [0.25, 0.3) is 0 Å². The maximum absolute atomic E-state index is 11.1. The molecule has 4 heteroatoms. The van der Waals surface area contributed by atoms with Crippen LogP contribution in [0.5, 0.6) is 5.75 Å². The molecule has 3 N–H and O–H groups in total. The molecule has 128 valence electrons. The number of aryl methyl sites for hydroxylation is 1. The van der Waals surface area contributed by atoms with E-state index < -0.39 is 12.1 Å². The van der Waals surface area contributed by atoms with Gasteiger partial charge in [-0.05, 0) is 78.7 Å². The number of hydrogen-bond acceptors (Lipinski definition) is 3. The third kappa shape index (κ3) is 2.20. The predicted octanol–water partition coefficient (Wildman–Crippen LogP) is 3.23. The Kier molecular flexibility index (Phi) is 3.50. The van der Waals surface area contributed by atoms with Crippen molar-refractivity contribution < 1.29 is 20.1 Å². The highest BCUT2D eigenvalue weighted by Gasteiger charge is 2.56. The molecule has 0 unspecified atom stereocenters. The van der Waals surface area contributed by atoms with E-state index in [2.05, 4.69) is 13.0 Å². The van der Waals surface area contributed by atoms with Gasteiger partial charge in [-0.2, -0.15) is 0 Å². The second-order valence-electron chi connectivity index (χ2n) is 8.01. The lowest BCUT2D eigenvalue weighted by atomic mass is 9.55. The topological polar surface area (TPSA) is 77.8 Å². The summed E-state index contributed by atoms with van der Waals surface area (Å²) in [6, 6.07) is 5.72. The van der Waals surface area contributed by atoms with Crippen molar-refractivity contribution in [2.45, 2.75) is 51.0 Å². The lowest BCUT2D eigenvalue weighted by molar-refractivity contribution is -0.131. The van der Waals surface area contributed by atoms with E-state index in [0.29, 0.717) is 35.5 Å². The molecule has 5 atom stereocenters. The Labute approximate surface area is 141 Å². The first-order valence-corrected chi connectivity index (χ1v) is 8.83. The van der Waals surface area contributed by atoms with Gasteiger partial charge in [-0.1, -0.05) is 13.0 Å². The van der Waals surface area contributed by atoms with Crippen LogP contribution < -0.4 is 0 Å². The van der Waals surface area contributed by atoms with Gasteiger partial charge in [0.15, 0.2) is 0 Å². The summed E-state index contributed by atoms with van der Waals surface area (Å²) >= 11 is 0. The predicted molar refractivity (Wildman–Crippen MR) is 89.8 cm³/mol. The summed E-state index contributed by atoms with van der Waals surface area (Å²) in [5.74, 6) is 0.640. The number of hydrogen-bond donors (Lipinski definition) is 3. The molecule has 3 aliphatic carbocycles. The molecule has 0 spiro atoms. The normalized spacial score (nSPS) is 39.2. The van der Waals surface area contributed by atoms with E-state index in [1.165, 1.54) is 17.2 Å². The second-order valence-corrected chi connectivity index (χ2v) is 8.01. The van der Waals surface area contributed by atoms with Gasteiger partial charge >= 0.3 is 5.97 Å². The fraction of sp³-hybridized carbons (Fsp3) is 0.550. The maximum atomic E-state index is 11.1. The van der Waals surface area contributed by atoms with E-state index in [-0.39, 0.29) is 5.41 Å². The molecule has 0 bridgehead atoms. The van der Waals surface area contributed by atoms with Crippen LogP contribution >= 0.6 is 0 Å². The number of rotatable bonds is 1. The van der Waals surface area contributed by atoms with Crippen LogP contribution in [0.2, 0.25) is 0 Å². The average Bonchev–Trinajstić information content (AvgIpc) is 2.78. The summed E-state index contributed by atoms with van der Waals surface area (Å²) in [7, 11) is 0. The number of carbonyl (C=O) groups is 1. The minimum atomic E-state index is -0.965. The minimum Gasteiger partial charge on any atom is -0.508 e. The monoisotopic (exact) mass is 328 g/mol. The number of aliphatic hydroxyl groups is 1. The van der Waals surface area contributed by atoms with Gasteiger partial charge in [-0.15, -0.1) is 0 Å². The zero-order chi connectivity index (χ0) is 17.1. The van der Waals surface area contributed by atoms with E-state index in [1.807, 2.05) is 6.07 Å². The summed E-state index contributed by atoms with van der Waals surface area (Å²) in [6.07, 6.45) is 5.21. The number of phenols is 1. The van der Waals surface area contributed by atoms with Crippen LogP contribution in [0, 0.1) is 17.3 Å². The SMILES string of the molecule is C[C@]12CC[C@@H]3c4ccc(O)cc4CC[C@@H]3[C@@H]1C/C(=C/C(=O)O)[C@@H]2O. The van der Waals surface area contributed by atoms with Crippen molar-refractivity contribution in [3.63, 3.8) is 0 Å². The molecule has 0 saturated heterocycles. The van der Waals surface area contributed by atoms with Crippen LogP contribution in [0.3, 0.4) is 0 Å². The Morgan fingerprint density at radius 3 is 2.88 bits per heavy atom. The van der Waals surface area contributed by atoms with Gasteiger partial charge in [0.2, 0.25) is 0 Å². The number of aliphatic hydroxyl groups excluding tert-OH is 1. The molecular formula is C20H24O4. The molecule has 3 aliphatic rings. The highest BCUT2D eigenvalue weighted by molar-refractivity contribution is 5.81. The van der Waals surface area contributed by atoms with E-state index in [1.54, 1.807) is 6.07 Å². The smallest absolute Gasteiger partial charge is 0.328 e. The number of carboxylic acid groups (broad SMARTS) is 1. The average molecular weight is 328 g/mol. The maximum Gasteiger partial charge on any atom is 0.328 e. The quantitative estimate of drug-likeness (QED) is 0.692. The molecule has 1 aromatic rings. The zero-order valence-electron chi connectivity index (χ0n) is 13.9. The first-order chi connectivity index (χ1) is 11.4. The lowest BCUT2D eigenvalue weighted by Gasteiger charge is -2.49. The van der Waals surface area contributed by atoms with E-state index in [0.717, 1.165) is 25.7 Å². The van der Waals surface area contributed by atoms with E-state index in [4.69, 9.17) is 5.11 Å². The molecule has 0 amide bonds. The van der Waals surface area contributed by atoms with Gasteiger partial charge in [0, 0.05) is 11.5 Å². The van der Waals surface area contributed by atoms with Crippen LogP contribution in [-0.2, 0) is 11.2 Å². The van der Waals surface area contributed by atoms with Gasteiger partial charge in [-0.3, -0.25) is 0 Å². The highest BCUT2D eigenvalue weighted by Crippen LogP contribution is 2.62. The first-order valence-electron chi connectivity index (χ1n) is 8.83. The zero-order valence-corrected chi connectivity index (χ0v) is 13.9. The Bertz CT molecular complexity index is 722. The van der Waals surface area contributed by atoms with Crippen LogP contribution in [0.15, 0.2) is 29.8 Å². The molecule has 4 nitrogen and oxygen atoms in total. The second kappa shape index (κ2) is 5.35. The Morgan fingerprint density at radius 2 is 2.12 bits per heavy atom. The van der Waals surface area contributed by atoms with Gasteiger partial charge in [-0.25, -0.2) is 4.79 Å². The Hall–Kier alpha value is -1.81. The summed E-state index contributed by atoms with van der Waals surface area (Å²) < 4.78 is 0. The highest BCUT2D eigenvalue weighted by atomic mass is 16.4. The Morgan fingerprint density at radius 1 is 1.33 bits per heavy atom. The lowest BCUT2D eigenvalue weighted by Crippen LogP contribution is -2.44. The van der Waals surface area contributed by atoms with Crippen LogP contribution in [0.4, 0.5) is 0 Å². The van der Waals surface area contributed by atoms with Crippen molar-refractivity contribution in [1.29, 1.82) is 0 Å². The molecule has 0 radical (unpaired) electrons. The van der Waals surface area contributed by atoms with Gasteiger partial charge in [0.1, 0.15) is 5.75 Å². The fourth-order valence-electron chi connectivity index (χ4n) is 5.73. The molecule has 1 aromatic carbocycles. The van der Waals surface area contributed by atoms with Gasteiger partial charge in [0.05, 0.1) is 6.10 Å². The molecule has 0 aromatic heterocycles. The largest absolute Gasteiger partial charge is 0.508 e. The van der Waals surface area contributed by atoms with Crippen LogP contribution in [-0.4, -0.2) is 27.4 Å². The third-order valence-corrected chi connectivity index (χ3v) is 6.89. The van der Waals surface area contributed by atoms with Crippen molar-refractivity contribution in [3.8, 4) is 5.75 Å². The molecule has 24 heavy (non-hydrogen) atoms. The number of benzene rings is 1. The minimum absolute atomic E-state index is 0.211. The van der Waals surface area contributed by atoms with Crippen molar-refractivity contribution in [1.82, 2.24) is 0 Å². The number of aliphatic carboxylic acids is 1.